The first-order chi connectivity index (χ1) is 14.5. The number of nitrogens with zero attached hydrogens (tertiary/aromatic N) is 1. The Kier molecular flexibility index (Phi) is 8.24. The van der Waals surface area contributed by atoms with Crippen LogP contribution in [-0.4, -0.2) is 61.3 Å². The predicted octanol–water partition coefficient (Wildman–Crippen LogP) is 1.94. The van der Waals surface area contributed by atoms with Crippen LogP contribution >= 0.6 is 0 Å². The van der Waals surface area contributed by atoms with Gasteiger partial charge in [-0.2, -0.15) is 0 Å². The Bertz CT molecular complexity index is 685. The van der Waals surface area contributed by atoms with E-state index < -0.39 is 17.9 Å². The van der Waals surface area contributed by atoms with Gasteiger partial charge >= 0.3 is 11.9 Å². The van der Waals surface area contributed by atoms with E-state index in [1.165, 1.54) is 0 Å². The fraction of sp³-hybridized carbons (Fsp3) is 0.652. The summed E-state index contributed by atoms with van der Waals surface area (Å²) in [4.78, 5) is 27.7. The van der Waals surface area contributed by atoms with Gasteiger partial charge in [-0.05, 0) is 57.7 Å². The zero-order valence-corrected chi connectivity index (χ0v) is 17.9. The van der Waals surface area contributed by atoms with Crippen LogP contribution in [0.3, 0.4) is 0 Å². The third kappa shape index (κ3) is 5.80. The van der Waals surface area contributed by atoms with Gasteiger partial charge in [0.05, 0.1) is 0 Å². The Balaban J connectivity index is 1.59. The van der Waals surface area contributed by atoms with Crippen molar-refractivity contribution in [3.63, 3.8) is 0 Å². The number of nitrogens with two attached hydrogens (primary N) is 2. The van der Waals surface area contributed by atoms with E-state index in [4.69, 9.17) is 20.9 Å². The topological polar surface area (TPSA) is 108 Å². The summed E-state index contributed by atoms with van der Waals surface area (Å²) in [6.45, 7) is 0.508. The molecule has 1 aromatic carbocycles. The molecule has 7 heteroatoms. The number of carbonyl (C=O) groups excluding carboxylic acids is 2. The first-order valence-electron chi connectivity index (χ1n) is 11.1. The third-order valence-electron chi connectivity index (χ3n) is 6.49. The lowest BCUT2D eigenvalue weighted by molar-refractivity contribution is -0.158. The molecule has 4 N–H and O–H groups in total. The van der Waals surface area contributed by atoms with Gasteiger partial charge in [-0.1, -0.05) is 36.8 Å². The minimum atomic E-state index is -0.700. The molecule has 0 spiro atoms. The standard InChI is InChI=1S/C23H35N3O4/c1-26-17-10-11-18(26)14-19(13-17)30-22(27)20(16-7-3-2-4-8-16)15-29-23(28)21(25)9-5-6-12-24/h2-4,7-8,17-21H,5-6,9-15,24-25H2,1H3/t17-,18+,19?,20?,21-/m0/s1. The Hall–Kier alpha value is -1.96. The summed E-state index contributed by atoms with van der Waals surface area (Å²) < 4.78 is 11.3. The van der Waals surface area contributed by atoms with Crippen molar-refractivity contribution in [2.75, 3.05) is 20.2 Å². The number of esters is 2. The molecule has 30 heavy (non-hydrogen) atoms. The molecule has 0 amide bonds. The zero-order valence-electron chi connectivity index (χ0n) is 17.9. The van der Waals surface area contributed by atoms with E-state index in [-0.39, 0.29) is 18.7 Å². The van der Waals surface area contributed by atoms with Crippen molar-refractivity contribution in [3.05, 3.63) is 35.9 Å². The molecule has 0 aromatic heterocycles. The molecule has 3 rings (SSSR count). The number of hydrogen-bond acceptors (Lipinski definition) is 7. The van der Waals surface area contributed by atoms with Crippen LogP contribution in [0, 0.1) is 0 Å². The number of fused-ring (bicyclic) bond motifs is 2. The molecule has 0 saturated carbocycles. The number of piperidine rings is 1. The van der Waals surface area contributed by atoms with Crippen LogP contribution in [-0.2, 0) is 19.1 Å². The van der Waals surface area contributed by atoms with Crippen molar-refractivity contribution in [3.8, 4) is 0 Å². The SMILES string of the molecule is CN1[C@@H]2CC[C@H]1CC(OC(=O)C(COC(=O)[C@@H](N)CCCCN)c1ccccc1)C2. The van der Waals surface area contributed by atoms with Crippen molar-refractivity contribution >= 4 is 11.9 Å². The fourth-order valence-corrected chi connectivity index (χ4v) is 4.59. The predicted molar refractivity (Wildman–Crippen MR) is 115 cm³/mol. The van der Waals surface area contributed by atoms with Crippen LogP contribution in [0.1, 0.15) is 56.4 Å². The molecule has 7 nitrogen and oxygen atoms in total. The average Bonchev–Trinajstić information content (AvgIpc) is 2.95. The first-order valence-corrected chi connectivity index (χ1v) is 11.1. The summed E-state index contributed by atoms with van der Waals surface area (Å²) in [5, 5.41) is 0. The number of hydrogen-bond donors (Lipinski definition) is 2. The summed E-state index contributed by atoms with van der Waals surface area (Å²) >= 11 is 0. The maximum absolute atomic E-state index is 13.0. The largest absolute Gasteiger partial charge is 0.463 e. The number of unbranched alkanes of at least 4 members (excludes halogenated alkanes) is 1. The molecule has 2 saturated heterocycles. The van der Waals surface area contributed by atoms with Gasteiger partial charge in [-0.15, -0.1) is 0 Å². The van der Waals surface area contributed by atoms with Gasteiger partial charge in [0, 0.05) is 12.1 Å². The second-order valence-electron chi connectivity index (χ2n) is 8.57. The zero-order chi connectivity index (χ0) is 21.5. The van der Waals surface area contributed by atoms with Gasteiger partial charge in [0.25, 0.3) is 0 Å². The van der Waals surface area contributed by atoms with Crippen molar-refractivity contribution in [1.29, 1.82) is 0 Å². The van der Waals surface area contributed by atoms with Crippen LogP contribution in [0.15, 0.2) is 30.3 Å². The maximum Gasteiger partial charge on any atom is 0.322 e. The quantitative estimate of drug-likeness (QED) is 0.442. The average molecular weight is 418 g/mol. The van der Waals surface area contributed by atoms with Gasteiger partial charge in [-0.3, -0.25) is 9.59 Å². The second kappa shape index (κ2) is 10.9. The third-order valence-corrected chi connectivity index (χ3v) is 6.49. The van der Waals surface area contributed by atoms with E-state index in [0.29, 0.717) is 25.0 Å². The first kappa shape index (κ1) is 22.7. The lowest BCUT2D eigenvalue weighted by Gasteiger charge is -2.36. The molecule has 2 aliphatic heterocycles. The highest BCUT2D eigenvalue weighted by Gasteiger charge is 2.40. The normalized spacial score (nSPS) is 25.5. The molecule has 0 radical (unpaired) electrons. The minimum Gasteiger partial charge on any atom is -0.463 e. The minimum absolute atomic E-state index is 0.0637. The molecule has 2 bridgehead atoms. The Morgan fingerprint density at radius 3 is 2.40 bits per heavy atom. The Labute approximate surface area is 179 Å². The highest BCUT2D eigenvalue weighted by atomic mass is 16.6. The van der Waals surface area contributed by atoms with Crippen LogP contribution in [0.25, 0.3) is 0 Å². The van der Waals surface area contributed by atoms with E-state index in [1.807, 2.05) is 30.3 Å². The molecular weight excluding hydrogens is 382 g/mol. The molecule has 5 atom stereocenters. The highest BCUT2D eigenvalue weighted by molar-refractivity contribution is 5.80. The van der Waals surface area contributed by atoms with E-state index in [0.717, 1.165) is 44.1 Å². The second-order valence-corrected chi connectivity index (χ2v) is 8.57. The monoisotopic (exact) mass is 417 g/mol. The molecule has 1 aromatic rings. The van der Waals surface area contributed by atoms with Crippen molar-refractivity contribution in [2.24, 2.45) is 11.5 Å². The van der Waals surface area contributed by atoms with Crippen LogP contribution < -0.4 is 11.5 Å². The Morgan fingerprint density at radius 1 is 1.10 bits per heavy atom. The molecule has 2 heterocycles. The number of benzene rings is 1. The summed E-state index contributed by atoms with van der Waals surface area (Å²) in [7, 11) is 2.16. The van der Waals surface area contributed by atoms with Gasteiger partial charge in [0.1, 0.15) is 24.7 Å². The van der Waals surface area contributed by atoms with E-state index in [9.17, 15) is 9.59 Å². The Morgan fingerprint density at radius 2 is 1.77 bits per heavy atom. The summed E-state index contributed by atoms with van der Waals surface area (Å²) in [5.74, 6) is -1.47. The van der Waals surface area contributed by atoms with Crippen molar-refractivity contribution < 1.29 is 19.1 Å². The highest BCUT2D eigenvalue weighted by Crippen LogP contribution is 2.36. The van der Waals surface area contributed by atoms with Gasteiger partial charge in [0.15, 0.2) is 0 Å². The summed E-state index contributed by atoms with van der Waals surface area (Å²) in [5.41, 5.74) is 12.2. The maximum atomic E-state index is 13.0. The summed E-state index contributed by atoms with van der Waals surface area (Å²) in [6, 6.07) is 9.62. The fourth-order valence-electron chi connectivity index (χ4n) is 4.59. The van der Waals surface area contributed by atoms with Crippen LogP contribution in [0.5, 0.6) is 0 Å². The van der Waals surface area contributed by atoms with Crippen molar-refractivity contribution in [1.82, 2.24) is 4.90 Å². The number of carbonyl (C=O) groups is 2. The number of rotatable bonds is 10. The molecular formula is C23H35N3O4. The van der Waals surface area contributed by atoms with E-state index in [2.05, 4.69) is 11.9 Å². The lowest BCUT2D eigenvalue weighted by Crippen LogP contribution is -2.44. The molecule has 2 fully saturated rings. The summed E-state index contributed by atoms with van der Waals surface area (Å²) in [6.07, 6.45) is 6.10. The van der Waals surface area contributed by atoms with Crippen molar-refractivity contribution in [2.45, 2.75) is 75.1 Å². The van der Waals surface area contributed by atoms with Gasteiger partial charge in [-0.25, -0.2) is 0 Å². The van der Waals surface area contributed by atoms with Crippen LogP contribution in [0.2, 0.25) is 0 Å². The van der Waals surface area contributed by atoms with Gasteiger partial charge < -0.3 is 25.8 Å². The van der Waals surface area contributed by atoms with Crippen LogP contribution in [0.4, 0.5) is 0 Å². The molecule has 0 aliphatic carbocycles. The molecule has 2 aliphatic rings. The van der Waals surface area contributed by atoms with Gasteiger partial charge in [0.2, 0.25) is 0 Å². The molecule has 2 unspecified atom stereocenters. The molecule has 166 valence electrons. The number of ether oxygens (including phenoxy) is 2. The smallest absolute Gasteiger partial charge is 0.322 e. The lowest BCUT2D eigenvalue weighted by atomic mass is 9.98. The van der Waals surface area contributed by atoms with E-state index >= 15 is 0 Å². The van der Waals surface area contributed by atoms with E-state index in [1.54, 1.807) is 0 Å².